The fraction of sp³-hybridized carbons (Fsp3) is 0.500. The van der Waals surface area contributed by atoms with Crippen LogP contribution in [0.2, 0.25) is 0 Å². The van der Waals surface area contributed by atoms with Crippen molar-refractivity contribution < 1.29 is 14.3 Å². The second-order valence-electron chi connectivity index (χ2n) is 5.70. The largest absolute Gasteiger partial charge is 0.464 e. The van der Waals surface area contributed by atoms with Gasteiger partial charge in [0.05, 0.1) is 10.7 Å². The monoisotopic (exact) mass is 292 g/mol. The predicted molar refractivity (Wildman–Crippen MR) is 80.1 cm³/mol. The highest BCUT2D eigenvalue weighted by Gasteiger charge is 2.30. The van der Waals surface area contributed by atoms with Crippen molar-refractivity contribution >= 4 is 23.5 Å². The van der Waals surface area contributed by atoms with Gasteiger partial charge in [-0.1, -0.05) is 25.1 Å². The fourth-order valence-corrected chi connectivity index (χ4v) is 3.13. The van der Waals surface area contributed by atoms with Gasteiger partial charge in [0.25, 0.3) is 0 Å². The van der Waals surface area contributed by atoms with Crippen LogP contribution in [-0.2, 0) is 9.53 Å². The van der Waals surface area contributed by atoms with E-state index < -0.39 is 5.41 Å². The number of Topliss-reactive ketones (excluding diaryl/α,β-unsaturated/α-hetero) is 1. The maximum absolute atomic E-state index is 12.0. The molecule has 1 aliphatic heterocycles. The highest BCUT2D eigenvalue weighted by molar-refractivity contribution is 8.00. The van der Waals surface area contributed by atoms with Gasteiger partial charge < -0.3 is 4.74 Å². The number of carbonyl (C=O) groups excluding carboxylic acids is 2. The number of ketones is 1. The molecule has 3 nitrogen and oxygen atoms in total. The Bertz CT molecular complexity index is 522. The van der Waals surface area contributed by atoms with Crippen LogP contribution in [0.15, 0.2) is 29.2 Å². The van der Waals surface area contributed by atoms with E-state index in [1.807, 2.05) is 45.0 Å². The van der Waals surface area contributed by atoms with Crippen molar-refractivity contribution in [2.75, 3.05) is 6.61 Å². The van der Waals surface area contributed by atoms with E-state index in [9.17, 15) is 9.59 Å². The molecule has 4 heteroatoms. The Labute approximate surface area is 124 Å². The van der Waals surface area contributed by atoms with Crippen LogP contribution in [0, 0.1) is 5.41 Å². The molecule has 0 bridgehead atoms. The van der Waals surface area contributed by atoms with Crippen molar-refractivity contribution in [3.63, 3.8) is 0 Å². The second-order valence-corrected chi connectivity index (χ2v) is 7.04. The van der Waals surface area contributed by atoms with Crippen LogP contribution in [0.3, 0.4) is 0 Å². The minimum Gasteiger partial charge on any atom is -0.464 e. The molecule has 0 aromatic heterocycles. The minimum absolute atomic E-state index is 0.0222. The van der Waals surface area contributed by atoms with E-state index in [1.54, 1.807) is 11.8 Å². The lowest BCUT2D eigenvalue weighted by atomic mass is 9.91. The summed E-state index contributed by atoms with van der Waals surface area (Å²) >= 11 is 1.62. The average Bonchev–Trinajstić information content (AvgIpc) is 2.44. The molecule has 0 amide bonds. The van der Waals surface area contributed by atoms with E-state index in [-0.39, 0.29) is 17.0 Å². The van der Waals surface area contributed by atoms with Crippen LogP contribution in [0.4, 0.5) is 0 Å². The lowest BCUT2D eigenvalue weighted by Gasteiger charge is -2.25. The molecule has 0 saturated carbocycles. The zero-order valence-electron chi connectivity index (χ0n) is 12.1. The van der Waals surface area contributed by atoms with Crippen LogP contribution in [0.1, 0.15) is 44.0 Å². The number of ether oxygens (including phenoxy) is 1. The third-order valence-electron chi connectivity index (χ3n) is 3.73. The smallest absolute Gasteiger partial charge is 0.311 e. The molecule has 1 unspecified atom stereocenters. The molecule has 1 aliphatic rings. The highest BCUT2D eigenvalue weighted by atomic mass is 32.2. The number of rotatable bonds is 4. The molecule has 1 aromatic rings. The van der Waals surface area contributed by atoms with Gasteiger partial charge in [-0.2, -0.15) is 0 Å². The maximum atomic E-state index is 12.0. The summed E-state index contributed by atoms with van der Waals surface area (Å²) in [6.07, 6.45) is 1.17. The van der Waals surface area contributed by atoms with Crippen molar-refractivity contribution in [1.82, 2.24) is 0 Å². The third-order valence-corrected chi connectivity index (χ3v) is 4.98. The minimum atomic E-state index is -0.457. The number of esters is 1. The van der Waals surface area contributed by atoms with Gasteiger partial charge in [0.1, 0.15) is 6.61 Å². The van der Waals surface area contributed by atoms with E-state index in [2.05, 4.69) is 0 Å². The maximum Gasteiger partial charge on any atom is 0.311 e. The summed E-state index contributed by atoms with van der Waals surface area (Å²) in [5, 5.41) is 0.0222. The van der Waals surface area contributed by atoms with Gasteiger partial charge in [0.15, 0.2) is 5.78 Å². The normalized spacial score (nSPS) is 18.6. The summed E-state index contributed by atoms with van der Waals surface area (Å²) in [5.41, 5.74) is 0.329. The number of hydrogen-bond donors (Lipinski definition) is 0. The van der Waals surface area contributed by atoms with E-state index >= 15 is 0 Å². The van der Waals surface area contributed by atoms with Gasteiger partial charge in [-0.25, -0.2) is 0 Å². The van der Waals surface area contributed by atoms with Crippen LogP contribution in [0.25, 0.3) is 0 Å². The molecule has 1 heterocycles. The van der Waals surface area contributed by atoms with Crippen molar-refractivity contribution in [2.45, 2.75) is 43.8 Å². The van der Waals surface area contributed by atoms with E-state index in [0.29, 0.717) is 13.0 Å². The third kappa shape index (κ3) is 3.23. The van der Waals surface area contributed by atoms with E-state index in [1.165, 1.54) is 0 Å². The van der Waals surface area contributed by atoms with Crippen LogP contribution < -0.4 is 0 Å². The lowest BCUT2D eigenvalue weighted by molar-refractivity contribution is -0.154. The number of fused-ring (bicyclic) bond motifs is 1. The molecule has 0 saturated heterocycles. The van der Waals surface area contributed by atoms with E-state index in [0.717, 1.165) is 16.9 Å². The Hall–Kier alpha value is -1.29. The Morgan fingerprint density at radius 2 is 2.10 bits per heavy atom. The van der Waals surface area contributed by atoms with Crippen molar-refractivity contribution in [3.05, 3.63) is 29.8 Å². The van der Waals surface area contributed by atoms with Crippen LogP contribution >= 0.6 is 11.8 Å². The molecular weight excluding hydrogens is 272 g/mol. The van der Waals surface area contributed by atoms with Crippen LogP contribution in [0.5, 0.6) is 0 Å². The van der Waals surface area contributed by atoms with Gasteiger partial charge in [-0.15, -0.1) is 11.8 Å². The number of thioether (sulfide) groups is 1. The summed E-state index contributed by atoms with van der Waals surface area (Å²) in [6.45, 7) is 6.02. The molecule has 2 rings (SSSR count). The summed E-state index contributed by atoms with van der Waals surface area (Å²) < 4.78 is 5.39. The lowest BCUT2D eigenvalue weighted by Crippen LogP contribution is -2.30. The molecule has 20 heavy (non-hydrogen) atoms. The molecule has 1 aromatic carbocycles. The Morgan fingerprint density at radius 1 is 1.40 bits per heavy atom. The number of carbonyl (C=O) groups is 2. The highest BCUT2D eigenvalue weighted by Crippen LogP contribution is 2.35. The zero-order valence-corrected chi connectivity index (χ0v) is 13.0. The van der Waals surface area contributed by atoms with Crippen molar-refractivity contribution in [2.24, 2.45) is 5.41 Å². The molecule has 0 N–H and O–H groups in total. The summed E-state index contributed by atoms with van der Waals surface area (Å²) in [7, 11) is 0. The first kappa shape index (κ1) is 15.1. The number of hydrogen-bond acceptors (Lipinski definition) is 4. The fourth-order valence-electron chi connectivity index (χ4n) is 1.94. The summed E-state index contributed by atoms with van der Waals surface area (Å²) in [4.78, 5) is 25.0. The van der Waals surface area contributed by atoms with Crippen LogP contribution in [-0.4, -0.2) is 23.6 Å². The second kappa shape index (κ2) is 6.00. The molecule has 108 valence electrons. The van der Waals surface area contributed by atoms with Crippen molar-refractivity contribution in [3.8, 4) is 0 Å². The Morgan fingerprint density at radius 3 is 2.80 bits per heavy atom. The SMILES string of the molecule is CCC(C)(C)C(=O)OCC1CC(=O)c2ccccc2S1. The standard InChI is InChI=1S/C16H20O3S/c1-4-16(2,3)15(18)19-10-11-9-13(17)12-7-5-6-8-14(12)20-11/h5-8,11H,4,9-10H2,1-3H3. The Kier molecular flexibility index (Phi) is 4.53. The van der Waals surface area contributed by atoms with Gasteiger partial charge in [-0.3, -0.25) is 9.59 Å². The van der Waals surface area contributed by atoms with Gasteiger partial charge in [-0.05, 0) is 26.3 Å². The topological polar surface area (TPSA) is 43.4 Å². The van der Waals surface area contributed by atoms with Gasteiger partial charge >= 0.3 is 5.97 Å². The quantitative estimate of drug-likeness (QED) is 0.793. The molecule has 0 spiro atoms. The zero-order chi connectivity index (χ0) is 14.8. The predicted octanol–water partition coefficient (Wildman–Crippen LogP) is 3.71. The summed E-state index contributed by atoms with van der Waals surface area (Å²) in [6, 6.07) is 7.60. The summed E-state index contributed by atoms with van der Waals surface area (Å²) in [5.74, 6) is -0.0536. The first-order chi connectivity index (χ1) is 9.44. The molecule has 0 fully saturated rings. The first-order valence-electron chi connectivity index (χ1n) is 6.90. The average molecular weight is 292 g/mol. The molecule has 1 atom stereocenters. The van der Waals surface area contributed by atoms with Gasteiger partial charge in [0, 0.05) is 16.9 Å². The Balaban J connectivity index is 1.97. The molecule has 0 radical (unpaired) electrons. The van der Waals surface area contributed by atoms with E-state index in [4.69, 9.17) is 4.74 Å². The first-order valence-corrected chi connectivity index (χ1v) is 7.78. The molecule has 0 aliphatic carbocycles. The van der Waals surface area contributed by atoms with Crippen molar-refractivity contribution in [1.29, 1.82) is 0 Å². The number of benzene rings is 1. The van der Waals surface area contributed by atoms with Gasteiger partial charge in [0.2, 0.25) is 0 Å². The molecular formula is C16H20O3S.